The molecule has 3 heteroatoms. The molecule has 0 bridgehead atoms. The molecular formula is C15H10BrNS. The molecule has 0 atom stereocenters. The second-order valence-corrected chi connectivity index (χ2v) is 5.91. The molecule has 1 nitrogen and oxygen atoms in total. The molecule has 0 unspecified atom stereocenters. The molecule has 18 heavy (non-hydrogen) atoms. The molecule has 1 heterocycles. The topological polar surface area (TPSA) is 12.9 Å². The van der Waals surface area contributed by atoms with Gasteiger partial charge in [0.1, 0.15) is 0 Å². The van der Waals surface area contributed by atoms with E-state index in [4.69, 9.17) is 0 Å². The van der Waals surface area contributed by atoms with Gasteiger partial charge in [-0.25, -0.2) is 0 Å². The molecule has 0 aliphatic heterocycles. The highest BCUT2D eigenvalue weighted by Crippen LogP contribution is 2.33. The molecule has 1 aromatic heterocycles. The first-order valence-corrected chi connectivity index (χ1v) is 7.21. The van der Waals surface area contributed by atoms with Crippen molar-refractivity contribution >= 4 is 38.6 Å². The van der Waals surface area contributed by atoms with Crippen molar-refractivity contribution < 1.29 is 0 Å². The van der Waals surface area contributed by atoms with Crippen molar-refractivity contribution in [2.24, 2.45) is 0 Å². The first-order valence-electron chi connectivity index (χ1n) is 5.60. The Bertz CT molecular complexity index is 674. The van der Waals surface area contributed by atoms with Gasteiger partial charge in [-0.3, -0.25) is 4.98 Å². The molecule has 0 N–H and O–H groups in total. The van der Waals surface area contributed by atoms with Crippen molar-refractivity contribution in [3.63, 3.8) is 0 Å². The molecule has 0 radical (unpaired) electrons. The molecule has 3 aromatic rings. The van der Waals surface area contributed by atoms with E-state index in [-0.39, 0.29) is 0 Å². The molecule has 0 amide bonds. The fourth-order valence-electron chi connectivity index (χ4n) is 1.79. The smallest absolute Gasteiger partial charge is 0.0713 e. The van der Waals surface area contributed by atoms with Crippen LogP contribution in [0.25, 0.3) is 10.9 Å². The van der Waals surface area contributed by atoms with Crippen LogP contribution in [-0.2, 0) is 0 Å². The zero-order chi connectivity index (χ0) is 12.4. The van der Waals surface area contributed by atoms with Crippen molar-refractivity contribution in [2.45, 2.75) is 9.79 Å². The third-order valence-corrected chi connectivity index (χ3v) is 4.26. The maximum atomic E-state index is 4.38. The highest BCUT2D eigenvalue weighted by Gasteiger charge is 2.03. The Morgan fingerprint density at radius 3 is 2.50 bits per heavy atom. The number of aromatic nitrogens is 1. The number of nitrogens with zero attached hydrogens (tertiary/aromatic N) is 1. The Morgan fingerprint density at radius 2 is 1.67 bits per heavy atom. The highest BCUT2D eigenvalue weighted by atomic mass is 79.9. The van der Waals surface area contributed by atoms with Gasteiger partial charge >= 0.3 is 0 Å². The summed E-state index contributed by atoms with van der Waals surface area (Å²) in [5.74, 6) is 0. The zero-order valence-electron chi connectivity index (χ0n) is 9.51. The predicted octanol–water partition coefficient (Wildman–Crippen LogP) is 5.15. The lowest BCUT2D eigenvalue weighted by Gasteiger charge is -2.05. The van der Waals surface area contributed by atoms with Gasteiger partial charge in [-0.05, 0) is 36.4 Å². The van der Waals surface area contributed by atoms with Gasteiger partial charge in [0.05, 0.1) is 5.52 Å². The summed E-state index contributed by atoms with van der Waals surface area (Å²) in [6.45, 7) is 0. The average Bonchev–Trinajstić information content (AvgIpc) is 2.42. The fourth-order valence-corrected chi connectivity index (χ4v) is 2.99. The Kier molecular flexibility index (Phi) is 3.35. The minimum absolute atomic E-state index is 1.04. The Labute approximate surface area is 118 Å². The largest absolute Gasteiger partial charge is 0.256 e. The Morgan fingerprint density at radius 1 is 0.889 bits per heavy atom. The van der Waals surface area contributed by atoms with Gasteiger partial charge in [0.2, 0.25) is 0 Å². The average molecular weight is 316 g/mol. The van der Waals surface area contributed by atoms with E-state index in [1.54, 1.807) is 11.8 Å². The summed E-state index contributed by atoms with van der Waals surface area (Å²) >= 11 is 5.22. The van der Waals surface area contributed by atoms with Crippen molar-refractivity contribution in [3.05, 3.63) is 65.3 Å². The van der Waals surface area contributed by atoms with Gasteiger partial charge < -0.3 is 0 Å². The lowest BCUT2D eigenvalue weighted by molar-refractivity contribution is 1.34. The van der Waals surface area contributed by atoms with Crippen LogP contribution in [0.4, 0.5) is 0 Å². The van der Waals surface area contributed by atoms with E-state index in [2.05, 4.69) is 63.4 Å². The van der Waals surface area contributed by atoms with Crippen LogP contribution in [0.3, 0.4) is 0 Å². The third-order valence-electron chi connectivity index (χ3n) is 2.65. The van der Waals surface area contributed by atoms with Crippen LogP contribution in [0.2, 0.25) is 0 Å². The number of benzene rings is 2. The number of fused-ring (bicyclic) bond motifs is 1. The molecule has 0 spiro atoms. The zero-order valence-corrected chi connectivity index (χ0v) is 11.9. The van der Waals surface area contributed by atoms with Crippen LogP contribution in [0, 0.1) is 0 Å². The molecule has 2 aromatic carbocycles. The van der Waals surface area contributed by atoms with Gasteiger partial charge in [-0.15, -0.1) is 0 Å². The molecular weight excluding hydrogens is 306 g/mol. The standard InChI is InChI=1S/C15H10BrNS/c16-11-5-7-12(8-6-11)18-15-9-10-17-14-4-2-1-3-13(14)15/h1-10H. The summed E-state index contributed by atoms with van der Waals surface area (Å²) < 4.78 is 1.10. The molecule has 0 saturated carbocycles. The lowest BCUT2D eigenvalue weighted by atomic mass is 10.2. The number of halogens is 1. The van der Waals surface area contributed by atoms with Gasteiger partial charge in [0, 0.05) is 25.8 Å². The van der Waals surface area contributed by atoms with E-state index in [0.717, 1.165) is 9.99 Å². The maximum Gasteiger partial charge on any atom is 0.0713 e. The second kappa shape index (κ2) is 5.12. The van der Waals surface area contributed by atoms with Gasteiger partial charge in [-0.2, -0.15) is 0 Å². The molecule has 0 saturated heterocycles. The molecule has 88 valence electrons. The Hall–Kier alpha value is -1.32. The number of rotatable bonds is 2. The Balaban J connectivity index is 2.02. The number of hydrogen-bond acceptors (Lipinski definition) is 2. The summed E-state index contributed by atoms with van der Waals surface area (Å²) in [6, 6.07) is 18.6. The highest BCUT2D eigenvalue weighted by molar-refractivity contribution is 9.10. The van der Waals surface area contributed by atoms with E-state index in [1.807, 2.05) is 18.3 Å². The van der Waals surface area contributed by atoms with E-state index >= 15 is 0 Å². The van der Waals surface area contributed by atoms with Gasteiger partial charge in [0.15, 0.2) is 0 Å². The van der Waals surface area contributed by atoms with E-state index in [1.165, 1.54) is 15.2 Å². The fraction of sp³-hybridized carbons (Fsp3) is 0. The van der Waals surface area contributed by atoms with Crippen LogP contribution < -0.4 is 0 Å². The first-order chi connectivity index (χ1) is 8.83. The summed E-state index contributed by atoms with van der Waals surface area (Å²) in [5, 5.41) is 1.20. The van der Waals surface area contributed by atoms with Gasteiger partial charge in [0.25, 0.3) is 0 Å². The van der Waals surface area contributed by atoms with Crippen molar-refractivity contribution in [1.29, 1.82) is 0 Å². The lowest BCUT2D eigenvalue weighted by Crippen LogP contribution is -1.81. The summed E-state index contributed by atoms with van der Waals surface area (Å²) in [6.07, 6.45) is 1.86. The van der Waals surface area contributed by atoms with Crippen molar-refractivity contribution in [1.82, 2.24) is 4.98 Å². The monoisotopic (exact) mass is 315 g/mol. The van der Waals surface area contributed by atoms with Crippen molar-refractivity contribution in [2.75, 3.05) is 0 Å². The normalized spacial score (nSPS) is 10.7. The first kappa shape index (κ1) is 11.8. The minimum atomic E-state index is 1.04. The maximum absolute atomic E-state index is 4.38. The number of pyridine rings is 1. The summed E-state index contributed by atoms with van der Waals surface area (Å²) in [5.41, 5.74) is 1.04. The van der Waals surface area contributed by atoms with Crippen LogP contribution in [0.5, 0.6) is 0 Å². The van der Waals surface area contributed by atoms with E-state index in [9.17, 15) is 0 Å². The number of hydrogen-bond donors (Lipinski definition) is 0. The van der Waals surface area contributed by atoms with Crippen LogP contribution in [-0.4, -0.2) is 4.98 Å². The summed E-state index contributed by atoms with van der Waals surface area (Å²) in [4.78, 5) is 6.85. The van der Waals surface area contributed by atoms with E-state index in [0.29, 0.717) is 0 Å². The third kappa shape index (κ3) is 2.42. The number of para-hydroxylation sites is 1. The molecule has 0 aliphatic rings. The van der Waals surface area contributed by atoms with Crippen LogP contribution >= 0.6 is 27.7 Å². The molecule has 3 rings (SSSR count). The van der Waals surface area contributed by atoms with Gasteiger partial charge in [-0.1, -0.05) is 45.9 Å². The quantitative estimate of drug-likeness (QED) is 0.648. The summed E-state index contributed by atoms with van der Waals surface area (Å²) in [7, 11) is 0. The predicted molar refractivity (Wildman–Crippen MR) is 80.0 cm³/mol. The minimum Gasteiger partial charge on any atom is -0.256 e. The second-order valence-electron chi connectivity index (χ2n) is 3.88. The SMILES string of the molecule is Brc1ccc(Sc2ccnc3ccccc23)cc1. The molecule has 0 aliphatic carbocycles. The van der Waals surface area contributed by atoms with Crippen LogP contribution in [0.15, 0.2) is 75.1 Å². The van der Waals surface area contributed by atoms with E-state index < -0.39 is 0 Å². The molecule has 0 fully saturated rings. The van der Waals surface area contributed by atoms with Crippen molar-refractivity contribution in [3.8, 4) is 0 Å². The van der Waals surface area contributed by atoms with Crippen LogP contribution in [0.1, 0.15) is 0 Å².